The molecule has 2 fully saturated rings. The molecular formula is C31H33Cl2N3O4. The number of hydrogen-bond donors (Lipinski definition) is 1. The lowest BCUT2D eigenvalue weighted by Crippen LogP contribution is -2.61. The molecule has 1 N–H and O–H groups in total. The zero-order chi connectivity index (χ0) is 27.9. The second-order valence-electron chi connectivity index (χ2n) is 10.1. The average molecular weight is 583 g/mol. The van der Waals surface area contributed by atoms with Crippen molar-refractivity contribution in [2.75, 3.05) is 31.2 Å². The fraction of sp³-hybridized carbons (Fsp3) is 0.355. The van der Waals surface area contributed by atoms with Crippen LogP contribution < -0.4 is 15.0 Å². The van der Waals surface area contributed by atoms with Crippen molar-refractivity contribution in [3.63, 3.8) is 0 Å². The van der Waals surface area contributed by atoms with E-state index >= 15 is 0 Å². The minimum atomic E-state index is -0.659. The van der Waals surface area contributed by atoms with Gasteiger partial charge in [-0.2, -0.15) is 0 Å². The molecule has 3 aromatic carbocycles. The molecule has 1 saturated carbocycles. The number of halogens is 2. The average Bonchev–Trinajstić information content (AvgIpc) is 3.82. The number of carbonyl (C=O) groups is 2. The van der Waals surface area contributed by atoms with Gasteiger partial charge in [-0.3, -0.25) is 14.5 Å². The number of piperazine rings is 1. The summed E-state index contributed by atoms with van der Waals surface area (Å²) in [5, 5.41) is 4.02. The Morgan fingerprint density at radius 3 is 2.50 bits per heavy atom. The van der Waals surface area contributed by atoms with Crippen LogP contribution in [0.15, 0.2) is 72.8 Å². The van der Waals surface area contributed by atoms with Crippen molar-refractivity contribution < 1.29 is 19.1 Å². The Kier molecular flexibility index (Phi) is 9.60. The van der Waals surface area contributed by atoms with Crippen molar-refractivity contribution in [1.82, 2.24) is 10.2 Å². The second-order valence-corrected chi connectivity index (χ2v) is 10.8. The van der Waals surface area contributed by atoms with Crippen molar-refractivity contribution in [3.8, 4) is 5.75 Å². The van der Waals surface area contributed by atoms with Crippen molar-refractivity contribution in [2.45, 2.75) is 44.5 Å². The largest absolute Gasteiger partial charge is 0.494 e. The molecule has 7 nitrogen and oxygen atoms in total. The Balaban J connectivity index is 1.19. The Bertz CT molecular complexity index is 1300. The minimum Gasteiger partial charge on any atom is -0.494 e. The van der Waals surface area contributed by atoms with Crippen molar-refractivity contribution in [3.05, 3.63) is 94.0 Å². The molecular weight excluding hydrogens is 549 g/mol. The first-order valence-electron chi connectivity index (χ1n) is 13.6. The first-order valence-corrected chi connectivity index (χ1v) is 14.4. The van der Waals surface area contributed by atoms with Crippen LogP contribution in [0.1, 0.15) is 30.4 Å². The van der Waals surface area contributed by atoms with Crippen LogP contribution in [-0.4, -0.2) is 55.1 Å². The molecule has 0 bridgehead atoms. The van der Waals surface area contributed by atoms with E-state index in [2.05, 4.69) is 5.32 Å². The fourth-order valence-electron chi connectivity index (χ4n) is 4.82. The number of carbonyl (C=O) groups excluding carboxylic acids is 2. The molecule has 2 amide bonds. The lowest BCUT2D eigenvalue weighted by molar-refractivity contribution is -0.136. The van der Waals surface area contributed by atoms with Crippen molar-refractivity contribution in [2.24, 2.45) is 0 Å². The zero-order valence-corrected chi connectivity index (χ0v) is 23.7. The lowest BCUT2D eigenvalue weighted by atomic mass is 10.1. The number of ether oxygens (including phenoxy) is 2. The molecule has 0 radical (unpaired) electrons. The molecule has 9 heteroatoms. The summed E-state index contributed by atoms with van der Waals surface area (Å²) < 4.78 is 11.6. The van der Waals surface area contributed by atoms with Crippen LogP contribution in [0, 0.1) is 0 Å². The van der Waals surface area contributed by atoms with Gasteiger partial charge in [0.2, 0.25) is 11.8 Å². The summed E-state index contributed by atoms with van der Waals surface area (Å²) in [4.78, 5) is 30.4. The molecule has 2 aliphatic rings. The molecule has 0 spiro atoms. The summed E-state index contributed by atoms with van der Waals surface area (Å²) in [5.74, 6) is 0.452. The smallest absolute Gasteiger partial charge is 0.247 e. The fourth-order valence-corrected chi connectivity index (χ4v) is 5.20. The Labute approximate surface area is 245 Å². The summed E-state index contributed by atoms with van der Waals surface area (Å²) in [6, 6.07) is 22.3. The minimum absolute atomic E-state index is 0.102. The lowest BCUT2D eigenvalue weighted by Gasteiger charge is -2.38. The van der Waals surface area contributed by atoms with Gasteiger partial charge in [0.1, 0.15) is 11.8 Å². The number of rotatable bonds is 12. The zero-order valence-electron chi connectivity index (χ0n) is 22.2. The monoisotopic (exact) mass is 581 g/mol. The molecule has 0 aromatic heterocycles. The highest BCUT2D eigenvalue weighted by Crippen LogP contribution is 2.34. The number of hydrogen-bond acceptors (Lipinski definition) is 5. The second kappa shape index (κ2) is 13.5. The Morgan fingerprint density at radius 1 is 0.975 bits per heavy atom. The van der Waals surface area contributed by atoms with E-state index in [0.717, 1.165) is 30.4 Å². The molecule has 210 valence electrons. The molecule has 0 unspecified atom stereocenters. The predicted octanol–water partition coefficient (Wildman–Crippen LogP) is 5.48. The van der Waals surface area contributed by atoms with Gasteiger partial charge in [-0.1, -0.05) is 65.7 Å². The summed E-state index contributed by atoms with van der Waals surface area (Å²) in [6.07, 6.45) is 2.62. The van der Waals surface area contributed by atoms with Gasteiger partial charge in [-0.05, 0) is 54.3 Å². The standard InChI is InChI=1S/C31H33Cl2N3O4/c32-27-9-4-8-23(30(27)33)20-35(24-10-11-24)31(38)28-18-34-19-29(37)36(28)25-12-14-26(15-13-25)40-17-5-16-39-21-22-6-2-1-3-7-22/h1-4,6-9,12-15,24,28,34H,5,10-11,16-21H2/t28-/m1/s1. The maximum absolute atomic E-state index is 13.9. The number of amides is 2. The highest BCUT2D eigenvalue weighted by Gasteiger charge is 2.41. The van der Waals surface area contributed by atoms with Gasteiger partial charge in [0, 0.05) is 31.2 Å². The van der Waals surface area contributed by atoms with Gasteiger partial charge in [0.15, 0.2) is 0 Å². The topological polar surface area (TPSA) is 71.1 Å². The van der Waals surface area contributed by atoms with E-state index in [1.54, 1.807) is 11.0 Å². The van der Waals surface area contributed by atoms with Crippen LogP contribution in [0.2, 0.25) is 10.0 Å². The molecule has 1 saturated heterocycles. The summed E-state index contributed by atoms with van der Waals surface area (Å²) >= 11 is 12.7. The van der Waals surface area contributed by atoms with Gasteiger partial charge < -0.3 is 19.7 Å². The van der Waals surface area contributed by atoms with E-state index in [1.165, 1.54) is 0 Å². The van der Waals surface area contributed by atoms with Gasteiger partial charge in [-0.25, -0.2) is 0 Å². The molecule has 1 aliphatic heterocycles. The van der Waals surface area contributed by atoms with E-state index in [4.69, 9.17) is 32.7 Å². The first-order chi connectivity index (χ1) is 19.5. The van der Waals surface area contributed by atoms with Crippen LogP contribution in [-0.2, 0) is 27.5 Å². The van der Waals surface area contributed by atoms with Crippen LogP contribution in [0.3, 0.4) is 0 Å². The van der Waals surface area contributed by atoms with Crippen LogP contribution in [0.5, 0.6) is 5.75 Å². The third-order valence-corrected chi connectivity index (χ3v) is 7.91. The van der Waals surface area contributed by atoms with Crippen LogP contribution in [0.25, 0.3) is 0 Å². The van der Waals surface area contributed by atoms with Crippen LogP contribution >= 0.6 is 23.2 Å². The van der Waals surface area contributed by atoms with Gasteiger partial charge in [0.05, 0.1) is 36.4 Å². The van der Waals surface area contributed by atoms with E-state index in [9.17, 15) is 9.59 Å². The molecule has 1 heterocycles. The maximum Gasteiger partial charge on any atom is 0.247 e. The summed E-state index contributed by atoms with van der Waals surface area (Å²) in [6.45, 7) is 2.60. The normalized spacial score (nSPS) is 17.1. The third kappa shape index (κ3) is 7.15. The highest BCUT2D eigenvalue weighted by molar-refractivity contribution is 6.42. The summed E-state index contributed by atoms with van der Waals surface area (Å²) in [5.41, 5.74) is 2.61. The maximum atomic E-state index is 13.9. The number of anilines is 1. The number of nitrogens with zero attached hydrogens (tertiary/aromatic N) is 2. The Morgan fingerprint density at radius 2 is 1.75 bits per heavy atom. The molecule has 5 rings (SSSR count). The van der Waals surface area contributed by atoms with Gasteiger partial charge in [-0.15, -0.1) is 0 Å². The van der Waals surface area contributed by atoms with E-state index in [1.807, 2.05) is 71.6 Å². The number of nitrogens with one attached hydrogen (secondary N) is 1. The van der Waals surface area contributed by atoms with Gasteiger partial charge in [0.25, 0.3) is 0 Å². The SMILES string of the molecule is O=C([C@H]1CNCC(=O)N1c1ccc(OCCCOCc2ccccc2)cc1)N(Cc1cccc(Cl)c1Cl)C1CC1. The highest BCUT2D eigenvalue weighted by atomic mass is 35.5. The Hall–Kier alpha value is -3.10. The summed E-state index contributed by atoms with van der Waals surface area (Å²) in [7, 11) is 0. The number of benzene rings is 3. The van der Waals surface area contributed by atoms with Crippen LogP contribution in [0.4, 0.5) is 5.69 Å². The molecule has 40 heavy (non-hydrogen) atoms. The van der Waals surface area contributed by atoms with E-state index < -0.39 is 6.04 Å². The van der Waals surface area contributed by atoms with Gasteiger partial charge >= 0.3 is 0 Å². The quantitative estimate of drug-likeness (QED) is 0.287. The third-order valence-electron chi connectivity index (χ3n) is 7.05. The predicted molar refractivity (Wildman–Crippen MR) is 157 cm³/mol. The molecule has 1 aliphatic carbocycles. The first kappa shape index (κ1) is 28.4. The van der Waals surface area contributed by atoms with Crippen molar-refractivity contribution in [1.29, 1.82) is 0 Å². The molecule has 3 aromatic rings. The molecule has 1 atom stereocenters. The van der Waals surface area contributed by atoms with E-state index in [-0.39, 0.29) is 24.4 Å². The van der Waals surface area contributed by atoms with Crippen molar-refractivity contribution >= 4 is 40.7 Å². The van der Waals surface area contributed by atoms with E-state index in [0.29, 0.717) is 54.4 Å².